The number of pyridine rings is 1. The van der Waals surface area contributed by atoms with E-state index in [2.05, 4.69) is 37.3 Å². The molecule has 8 nitrogen and oxygen atoms in total. The monoisotopic (exact) mass is 366 g/mol. The van der Waals surface area contributed by atoms with Gasteiger partial charge in [0, 0.05) is 56.8 Å². The summed E-state index contributed by atoms with van der Waals surface area (Å²) >= 11 is 0. The Morgan fingerprint density at radius 2 is 2.26 bits per heavy atom. The molecule has 4 rings (SSSR count). The van der Waals surface area contributed by atoms with Crippen LogP contribution in [0.3, 0.4) is 0 Å². The summed E-state index contributed by atoms with van der Waals surface area (Å²) in [7, 11) is 0. The summed E-state index contributed by atoms with van der Waals surface area (Å²) < 4.78 is 7.36. The first-order chi connectivity index (χ1) is 13.3. The minimum absolute atomic E-state index is 0.105. The van der Waals surface area contributed by atoms with E-state index in [1.807, 2.05) is 36.2 Å². The first-order valence-corrected chi connectivity index (χ1v) is 9.17. The maximum Gasteiger partial charge on any atom is 0.318 e. The number of rotatable bonds is 5. The van der Waals surface area contributed by atoms with Crippen LogP contribution in [0, 0.1) is 0 Å². The van der Waals surface area contributed by atoms with Gasteiger partial charge in [-0.1, -0.05) is 18.1 Å². The molecule has 27 heavy (non-hydrogen) atoms. The quantitative estimate of drug-likeness (QED) is 0.748. The van der Waals surface area contributed by atoms with E-state index in [0.29, 0.717) is 31.2 Å². The van der Waals surface area contributed by atoms with Crippen molar-refractivity contribution in [2.45, 2.75) is 32.4 Å². The second kappa shape index (κ2) is 7.61. The van der Waals surface area contributed by atoms with E-state index in [4.69, 9.17) is 4.52 Å². The Bertz CT molecular complexity index is 904. The predicted molar refractivity (Wildman–Crippen MR) is 98.0 cm³/mol. The van der Waals surface area contributed by atoms with Crippen LogP contribution in [-0.2, 0) is 19.4 Å². The average Bonchev–Trinajstić information content (AvgIpc) is 3.36. The van der Waals surface area contributed by atoms with Gasteiger partial charge in [-0.3, -0.25) is 4.98 Å². The maximum absolute atomic E-state index is 12.9. The summed E-state index contributed by atoms with van der Waals surface area (Å²) in [5, 5.41) is 6.85. The van der Waals surface area contributed by atoms with Gasteiger partial charge in [0.15, 0.2) is 5.82 Å². The molecule has 1 atom stereocenters. The number of nitrogens with one attached hydrogen (secondary N) is 1. The summed E-state index contributed by atoms with van der Waals surface area (Å²) in [6, 6.07) is 7.71. The average molecular weight is 366 g/mol. The molecule has 0 aliphatic carbocycles. The molecule has 0 unspecified atom stereocenters. The van der Waals surface area contributed by atoms with Crippen LogP contribution in [0.15, 0.2) is 47.4 Å². The van der Waals surface area contributed by atoms with E-state index in [0.717, 1.165) is 24.2 Å². The van der Waals surface area contributed by atoms with Crippen molar-refractivity contribution in [1.29, 1.82) is 0 Å². The molecule has 1 aliphatic rings. The van der Waals surface area contributed by atoms with Crippen LogP contribution in [0.2, 0.25) is 0 Å². The highest BCUT2D eigenvalue weighted by molar-refractivity contribution is 5.75. The van der Waals surface area contributed by atoms with Crippen molar-refractivity contribution >= 4 is 6.03 Å². The van der Waals surface area contributed by atoms with Gasteiger partial charge in [0.25, 0.3) is 0 Å². The molecule has 140 valence electrons. The third kappa shape index (κ3) is 3.55. The largest absolute Gasteiger partial charge is 0.348 e. The van der Waals surface area contributed by atoms with E-state index in [1.54, 1.807) is 6.20 Å². The number of aromatic nitrogens is 4. The third-order valence-corrected chi connectivity index (χ3v) is 4.74. The number of fused-ring (bicyclic) bond motifs is 1. The highest BCUT2D eigenvalue weighted by Crippen LogP contribution is 2.31. The minimum Gasteiger partial charge on any atom is -0.348 e. The van der Waals surface area contributed by atoms with Crippen molar-refractivity contribution in [3.63, 3.8) is 0 Å². The van der Waals surface area contributed by atoms with Crippen molar-refractivity contribution in [3.05, 3.63) is 65.8 Å². The molecule has 4 heterocycles. The van der Waals surface area contributed by atoms with Crippen molar-refractivity contribution < 1.29 is 9.32 Å². The van der Waals surface area contributed by atoms with E-state index < -0.39 is 0 Å². The zero-order valence-electron chi connectivity index (χ0n) is 15.2. The second-order valence-corrected chi connectivity index (χ2v) is 6.45. The van der Waals surface area contributed by atoms with Gasteiger partial charge in [-0.15, -0.1) is 0 Å². The van der Waals surface area contributed by atoms with Crippen LogP contribution in [0.25, 0.3) is 0 Å². The molecule has 1 N–H and O–H groups in total. The lowest BCUT2D eigenvalue weighted by Gasteiger charge is -2.37. The fraction of sp³-hybridized carbons (Fsp3) is 0.368. The fourth-order valence-electron chi connectivity index (χ4n) is 3.40. The van der Waals surface area contributed by atoms with E-state index in [1.165, 1.54) is 0 Å². The highest BCUT2D eigenvalue weighted by Gasteiger charge is 2.32. The smallest absolute Gasteiger partial charge is 0.318 e. The van der Waals surface area contributed by atoms with Crippen molar-refractivity contribution in [2.24, 2.45) is 0 Å². The summed E-state index contributed by atoms with van der Waals surface area (Å²) in [6.45, 7) is 3.83. The molecule has 0 saturated carbocycles. The normalized spacial score (nSPS) is 16.2. The van der Waals surface area contributed by atoms with E-state index in [-0.39, 0.29) is 12.1 Å². The number of amides is 2. The fourth-order valence-corrected chi connectivity index (χ4v) is 3.40. The topological polar surface area (TPSA) is 89.1 Å². The van der Waals surface area contributed by atoms with Crippen LogP contribution in [0.1, 0.15) is 35.9 Å². The summed E-state index contributed by atoms with van der Waals surface area (Å²) in [5.41, 5.74) is 2.09. The van der Waals surface area contributed by atoms with Gasteiger partial charge in [0.2, 0.25) is 5.89 Å². The van der Waals surface area contributed by atoms with Crippen LogP contribution < -0.4 is 5.32 Å². The summed E-state index contributed by atoms with van der Waals surface area (Å²) in [4.78, 5) is 23.2. The van der Waals surface area contributed by atoms with Gasteiger partial charge >= 0.3 is 6.03 Å². The van der Waals surface area contributed by atoms with Gasteiger partial charge in [0.1, 0.15) is 6.04 Å². The second-order valence-electron chi connectivity index (χ2n) is 6.45. The Morgan fingerprint density at radius 3 is 3.04 bits per heavy atom. The van der Waals surface area contributed by atoms with Crippen molar-refractivity contribution in [2.75, 3.05) is 13.1 Å². The number of hydrogen-bond acceptors (Lipinski definition) is 5. The molecule has 0 aromatic carbocycles. The molecule has 0 spiro atoms. The number of hydrogen-bond donors (Lipinski definition) is 1. The van der Waals surface area contributed by atoms with Crippen LogP contribution in [-0.4, -0.2) is 43.7 Å². The van der Waals surface area contributed by atoms with Gasteiger partial charge in [-0.25, -0.2) is 4.79 Å². The molecule has 0 fully saturated rings. The van der Waals surface area contributed by atoms with Gasteiger partial charge in [-0.2, -0.15) is 4.98 Å². The first-order valence-electron chi connectivity index (χ1n) is 9.17. The van der Waals surface area contributed by atoms with Crippen LogP contribution >= 0.6 is 0 Å². The van der Waals surface area contributed by atoms with E-state index in [9.17, 15) is 4.79 Å². The molecule has 0 radical (unpaired) electrons. The van der Waals surface area contributed by atoms with Gasteiger partial charge < -0.3 is 19.3 Å². The standard InChI is InChI=1S/C19H22N6O2/c1-2-16-22-17(27-23-16)7-9-21-19(26)25-12-11-24-10-4-6-15(24)18(25)14-5-3-8-20-13-14/h3-6,8,10,13,18H,2,7,9,11-12H2,1H3,(H,21,26)/t18-/m0/s1. The Hall–Kier alpha value is -3.16. The lowest BCUT2D eigenvalue weighted by atomic mass is 10.0. The Morgan fingerprint density at radius 1 is 1.33 bits per heavy atom. The molecular formula is C19H22N6O2. The third-order valence-electron chi connectivity index (χ3n) is 4.74. The summed E-state index contributed by atoms with van der Waals surface area (Å²) in [6.07, 6.45) is 6.86. The lowest BCUT2D eigenvalue weighted by Crippen LogP contribution is -2.47. The Balaban J connectivity index is 1.46. The van der Waals surface area contributed by atoms with Crippen molar-refractivity contribution in [3.8, 4) is 0 Å². The Labute approximate surface area is 157 Å². The molecule has 3 aromatic rings. The van der Waals surface area contributed by atoms with E-state index >= 15 is 0 Å². The number of urea groups is 1. The highest BCUT2D eigenvalue weighted by atomic mass is 16.5. The predicted octanol–water partition coefficient (Wildman–Crippen LogP) is 2.19. The summed E-state index contributed by atoms with van der Waals surface area (Å²) in [5.74, 6) is 1.23. The molecule has 1 aliphatic heterocycles. The molecule has 0 saturated heterocycles. The van der Waals surface area contributed by atoms with Gasteiger partial charge in [0.05, 0.1) is 0 Å². The number of nitrogens with zero attached hydrogens (tertiary/aromatic N) is 5. The lowest BCUT2D eigenvalue weighted by molar-refractivity contribution is 0.168. The molecular weight excluding hydrogens is 344 g/mol. The SMILES string of the molecule is CCc1noc(CCNC(=O)N2CCn3cccc3[C@@H]2c2cccnc2)n1. The minimum atomic E-state index is -0.155. The number of carbonyl (C=O) groups excluding carboxylic acids is 1. The van der Waals surface area contributed by atoms with Gasteiger partial charge in [-0.05, 0) is 23.8 Å². The molecule has 0 bridgehead atoms. The van der Waals surface area contributed by atoms with Crippen molar-refractivity contribution in [1.82, 2.24) is 29.9 Å². The van der Waals surface area contributed by atoms with Crippen LogP contribution in [0.5, 0.6) is 0 Å². The first kappa shape index (κ1) is 17.3. The maximum atomic E-state index is 12.9. The van der Waals surface area contributed by atoms with Crippen LogP contribution in [0.4, 0.5) is 4.79 Å². The molecule has 3 aromatic heterocycles. The molecule has 8 heteroatoms. The zero-order valence-corrected chi connectivity index (χ0v) is 15.2. The number of carbonyl (C=O) groups is 1. The number of aryl methyl sites for hydroxylation is 1. The Kier molecular flexibility index (Phi) is 4.86. The zero-order chi connectivity index (χ0) is 18.6. The molecule has 2 amide bonds.